The lowest BCUT2D eigenvalue weighted by Gasteiger charge is -2.26. The van der Waals surface area contributed by atoms with E-state index in [0.29, 0.717) is 0 Å². The molecule has 1 nitrogen and oxygen atoms in total. The Kier molecular flexibility index (Phi) is 7.92. The molecule has 0 aliphatic heterocycles. The van der Waals surface area contributed by atoms with E-state index in [9.17, 15) is 0 Å². The van der Waals surface area contributed by atoms with Crippen LogP contribution in [0.5, 0.6) is 0 Å². The van der Waals surface area contributed by atoms with Gasteiger partial charge in [0.15, 0.2) is 0 Å². The summed E-state index contributed by atoms with van der Waals surface area (Å²) in [7, 11) is 0. The van der Waals surface area contributed by atoms with E-state index in [1.807, 2.05) is 0 Å². The average Bonchev–Trinajstić information content (AvgIpc) is 2.30. The molecule has 1 fully saturated rings. The number of hydrogen-bond donors (Lipinski definition) is 1. The first-order valence-corrected chi connectivity index (χ1v) is 7.59. The molecule has 0 saturated heterocycles. The van der Waals surface area contributed by atoms with E-state index >= 15 is 0 Å². The highest BCUT2D eigenvalue weighted by Crippen LogP contribution is 2.18. The fraction of sp³-hybridized carbons (Fsp3) is 1.00. The van der Waals surface area contributed by atoms with Crippen molar-refractivity contribution in [1.82, 2.24) is 5.32 Å². The van der Waals surface area contributed by atoms with Crippen molar-refractivity contribution in [1.29, 1.82) is 0 Å². The number of hydrogen-bond acceptors (Lipinski definition) is 1. The topological polar surface area (TPSA) is 12.0 Å². The molecule has 1 saturated carbocycles. The van der Waals surface area contributed by atoms with Crippen LogP contribution in [0.2, 0.25) is 0 Å². The minimum absolute atomic E-state index is 0.740. The first-order chi connectivity index (χ1) is 7.83. The van der Waals surface area contributed by atoms with Crippen molar-refractivity contribution in [2.45, 2.75) is 96.6 Å². The third kappa shape index (κ3) is 6.52. The lowest BCUT2D eigenvalue weighted by Crippen LogP contribution is -2.37. The summed E-state index contributed by atoms with van der Waals surface area (Å²) in [6.45, 7) is 4.65. The molecule has 16 heavy (non-hydrogen) atoms. The van der Waals surface area contributed by atoms with Crippen LogP contribution >= 0.6 is 0 Å². The molecule has 0 bridgehead atoms. The minimum Gasteiger partial charge on any atom is -0.312 e. The summed E-state index contributed by atoms with van der Waals surface area (Å²) < 4.78 is 0. The zero-order valence-electron chi connectivity index (χ0n) is 11.4. The van der Waals surface area contributed by atoms with Crippen molar-refractivity contribution in [3.8, 4) is 0 Å². The molecule has 0 spiro atoms. The molecule has 1 unspecified atom stereocenters. The van der Waals surface area contributed by atoms with Crippen molar-refractivity contribution in [3.05, 3.63) is 0 Å². The predicted octanol–water partition coefficient (Wildman–Crippen LogP) is 4.66. The number of nitrogens with one attached hydrogen (secondary N) is 1. The molecule has 1 rings (SSSR count). The predicted molar refractivity (Wildman–Crippen MR) is 72.8 cm³/mol. The van der Waals surface area contributed by atoms with E-state index in [-0.39, 0.29) is 0 Å². The van der Waals surface area contributed by atoms with Gasteiger partial charge in [0.05, 0.1) is 0 Å². The molecule has 0 radical (unpaired) electrons. The first-order valence-electron chi connectivity index (χ1n) is 7.59. The number of rotatable bonds is 8. The quantitative estimate of drug-likeness (QED) is 0.593. The summed E-state index contributed by atoms with van der Waals surface area (Å²) >= 11 is 0. The molecule has 1 aliphatic rings. The van der Waals surface area contributed by atoms with Gasteiger partial charge < -0.3 is 5.32 Å². The van der Waals surface area contributed by atoms with Crippen LogP contribution in [0.1, 0.15) is 84.5 Å². The summed E-state index contributed by atoms with van der Waals surface area (Å²) in [5.41, 5.74) is 0. The Bertz CT molecular complexity index is 150. The molecule has 1 N–H and O–H groups in total. The van der Waals surface area contributed by atoms with Crippen molar-refractivity contribution in [2.75, 3.05) is 0 Å². The molecule has 1 aliphatic carbocycles. The van der Waals surface area contributed by atoms with Gasteiger partial charge in [-0.25, -0.2) is 0 Å². The van der Waals surface area contributed by atoms with E-state index in [1.165, 1.54) is 70.6 Å². The molecule has 1 atom stereocenters. The highest BCUT2D eigenvalue weighted by Gasteiger charge is 2.14. The summed E-state index contributed by atoms with van der Waals surface area (Å²) in [4.78, 5) is 0. The third-order valence-electron chi connectivity index (χ3n) is 3.87. The molecule has 0 amide bonds. The van der Waals surface area contributed by atoms with Crippen molar-refractivity contribution in [3.63, 3.8) is 0 Å². The van der Waals surface area contributed by atoms with E-state index in [2.05, 4.69) is 19.2 Å². The largest absolute Gasteiger partial charge is 0.312 e. The lowest BCUT2D eigenvalue weighted by atomic mass is 9.94. The van der Waals surface area contributed by atoms with Gasteiger partial charge in [-0.1, -0.05) is 58.3 Å². The fourth-order valence-corrected chi connectivity index (χ4v) is 2.81. The fourth-order valence-electron chi connectivity index (χ4n) is 2.81. The van der Waals surface area contributed by atoms with Gasteiger partial charge in [-0.2, -0.15) is 0 Å². The molecule has 1 heteroatoms. The Morgan fingerprint density at radius 1 is 1.00 bits per heavy atom. The molecule has 0 aromatic heterocycles. The number of unbranched alkanes of at least 4 members (excludes halogenated alkanes) is 4. The minimum atomic E-state index is 0.740. The van der Waals surface area contributed by atoms with Crippen LogP contribution in [0.15, 0.2) is 0 Å². The lowest BCUT2D eigenvalue weighted by molar-refractivity contribution is 0.332. The van der Waals surface area contributed by atoms with Crippen LogP contribution in [0, 0.1) is 0 Å². The Labute approximate surface area is 102 Å². The Morgan fingerprint density at radius 3 is 2.38 bits per heavy atom. The zero-order chi connectivity index (χ0) is 11.6. The maximum Gasteiger partial charge on any atom is 0.00695 e. The van der Waals surface area contributed by atoms with Gasteiger partial charge in [0.25, 0.3) is 0 Å². The smallest absolute Gasteiger partial charge is 0.00695 e. The summed E-state index contributed by atoms with van der Waals surface area (Å²) in [5, 5.41) is 3.81. The summed E-state index contributed by atoms with van der Waals surface area (Å²) in [6, 6.07) is 1.57. The third-order valence-corrected chi connectivity index (χ3v) is 3.87. The van der Waals surface area contributed by atoms with Gasteiger partial charge in [-0.3, -0.25) is 0 Å². The molecular formula is C15H31N. The van der Waals surface area contributed by atoms with Gasteiger partial charge in [-0.05, 0) is 26.2 Å². The van der Waals surface area contributed by atoms with Crippen LogP contribution in [-0.2, 0) is 0 Å². The average molecular weight is 225 g/mol. The van der Waals surface area contributed by atoms with E-state index < -0.39 is 0 Å². The van der Waals surface area contributed by atoms with Crippen molar-refractivity contribution < 1.29 is 0 Å². The monoisotopic (exact) mass is 225 g/mol. The maximum atomic E-state index is 3.81. The standard InChI is InChI=1S/C15H31N/c1-3-4-5-6-8-11-14(2)16-15-12-9-7-10-13-15/h14-16H,3-13H2,1-2H3. The Hall–Kier alpha value is -0.0400. The Morgan fingerprint density at radius 2 is 1.69 bits per heavy atom. The second kappa shape index (κ2) is 9.04. The van der Waals surface area contributed by atoms with Crippen molar-refractivity contribution >= 4 is 0 Å². The highest BCUT2D eigenvalue weighted by atomic mass is 14.9. The van der Waals surface area contributed by atoms with Crippen LogP contribution in [-0.4, -0.2) is 12.1 Å². The van der Waals surface area contributed by atoms with E-state index in [4.69, 9.17) is 0 Å². The summed E-state index contributed by atoms with van der Waals surface area (Å²) in [5.74, 6) is 0. The second-order valence-corrected chi connectivity index (χ2v) is 5.61. The summed E-state index contributed by atoms with van der Waals surface area (Å²) in [6.07, 6.45) is 15.6. The highest BCUT2D eigenvalue weighted by molar-refractivity contribution is 4.75. The second-order valence-electron chi connectivity index (χ2n) is 5.61. The molecule has 0 aromatic rings. The Balaban J connectivity index is 1.95. The van der Waals surface area contributed by atoms with Gasteiger partial charge >= 0.3 is 0 Å². The normalized spacial score (nSPS) is 19.9. The van der Waals surface area contributed by atoms with Crippen molar-refractivity contribution in [2.24, 2.45) is 0 Å². The molecule has 0 aromatic carbocycles. The van der Waals surface area contributed by atoms with Crippen LogP contribution in [0.25, 0.3) is 0 Å². The van der Waals surface area contributed by atoms with Crippen LogP contribution in [0.3, 0.4) is 0 Å². The molecular weight excluding hydrogens is 194 g/mol. The van der Waals surface area contributed by atoms with E-state index in [0.717, 1.165) is 12.1 Å². The van der Waals surface area contributed by atoms with Gasteiger partial charge in [0.2, 0.25) is 0 Å². The van der Waals surface area contributed by atoms with Crippen LogP contribution < -0.4 is 5.32 Å². The first kappa shape index (κ1) is 14.0. The molecule has 96 valence electrons. The maximum absolute atomic E-state index is 3.81. The van der Waals surface area contributed by atoms with E-state index in [1.54, 1.807) is 0 Å². The van der Waals surface area contributed by atoms with Crippen LogP contribution in [0.4, 0.5) is 0 Å². The van der Waals surface area contributed by atoms with Gasteiger partial charge in [0.1, 0.15) is 0 Å². The van der Waals surface area contributed by atoms with Gasteiger partial charge in [0, 0.05) is 12.1 Å². The van der Waals surface area contributed by atoms with Gasteiger partial charge in [-0.15, -0.1) is 0 Å². The molecule has 0 heterocycles. The zero-order valence-corrected chi connectivity index (χ0v) is 11.4. The SMILES string of the molecule is CCCCCCCC(C)NC1CCCCC1.